The zero-order valence-electron chi connectivity index (χ0n) is 11.4. The molecule has 0 aliphatic rings. The highest BCUT2D eigenvalue weighted by molar-refractivity contribution is 5.76. The van der Waals surface area contributed by atoms with Gasteiger partial charge in [0.1, 0.15) is 6.04 Å². The van der Waals surface area contributed by atoms with E-state index in [1.54, 1.807) is 13.8 Å². The van der Waals surface area contributed by atoms with Crippen LogP contribution in [-0.4, -0.2) is 24.3 Å². The van der Waals surface area contributed by atoms with Crippen LogP contribution in [0.15, 0.2) is 0 Å². The number of carbonyl (C=O) groups excluding carboxylic acids is 2. The van der Waals surface area contributed by atoms with Crippen LogP contribution in [0.2, 0.25) is 0 Å². The molecule has 0 aromatic carbocycles. The van der Waals surface area contributed by atoms with E-state index in [2.05, 4.69) is 0 Å². The maximum Gasteiger partial charge on any atom is 0.326 e. The Bertz CT molecular complexity index is 281. The highest BCUT2D eigenvalue weighted by atomic mass is 16.7. The van der Waals surface area contributed by atoms with Crippen LogP contribution in [0.5, 0.6) is 0 Å². The first kappa shape index (κ1) is 15.9. The molecule has 2 atom stereocenters. The van der Waals surface area contributed by atoms with Crippen molar-refractivity contribution in [3.05, 3.63) is 0 Å². The van der Waals surface area contributed by atoms with Gasteiger partial charge >= 0.3 is 11.9 Å². The van der Waals surface area contributed by atoms with E-state index in [1.807, 2.05) is 20.8 Å². The molecule has 0 aromatic rings. The lowest BCUT2D eigenvalue weighted by Crippen LogP contribution is -2.45. The summed E-state index contributed by atoms with van der Waals surface area (Å²) in [5.41, 5.74) is 5.36. The van der Waals surface area contributed by atoms with Crippen LogP contribution in [0.1, 0.15) is 41.5 Å². The van der Waals surface area contributed by atoms with Crippen LogP contribution < -0.4 is 5.73 Å². The number of hydrogen-bond donors (Lipinski definition) is 1. The highest BCUT2D eigenvalue weighted by Crippen LogP contribution is 2.20. The Morgan fingerprint density at radius 1 is 1.12 bits per heavy atom. The van der Waals surface area contributed by atoms with Gasteiger partial charge in [0.05, 0.1) is 0 Å². The van der Waals surface area contributed by atoms with Crippen molar-refractivity contribution in [2.75, 3.05) is 0 Å². The number of esters is 2. The molecule has 0 bridgehead atoms. The number of carbonyl (C=O) groups is 2. The molecule has 0 saturated heterocycles. The van der Waals surface area contributed by atoms with Gasteiger partial charge in [-0.3, -0.25) is 9.59 Å². The van der Waals surface area contributed by atoms with Crippen molar-refractivity contribution < 1.29 is 19.1 Å². The predicted molar refractivity (Wildman–Crippen MR) is 63.9 cm³/mol. The van der Waals surface area contributed by atoms with Crippen molar-refractivity contribution >= 4 is 11.9 Å². The molecule has 0 unspecified atom stereocenters. The minimum absolute atomic E-state index is 0.116. The van der Waals surface area contributed by atoms with Crippen LogP contribution in [0.25, 0.3) is 0 Å². The minimum Gasteiger partial charge on any atom is -0.425 e. The number of ether oxygens (including phenoxy) is 2. The van der Waals surface area contributed by atoms with Crippen LogP contribution in [-0.2, 0) is 19.1 Å². The van der Waals surface area contributed by atoms with E-state index in [4.69, 9.17) is 15.2 Å². The van der Waals surface area contributed by atoms with E-state index in [1.165, 1.54) is 6.92 Å². The Morgan fingerprint density at radius 3 is 1.88 bits per heavy atom. The zero-order chi connectivity index (χ0) is 13.8. The fraction of sp³-hybridized carbons (Fsp3) is 0.833. The summed E-state index contributed by atoms with van der Waals surface area (Å²) in [6.07, 6.45) is -0.881. The Labute approximate surface area is 103 Å². The maximum absolute atomic E-state index is 11.7. The van der Waals surface area contributed by atoms with Gasteiger partial charge < -0.3 is 15.2 Å². The van der Waals surface area contributed by atoms with Crippen molar-refractivity contribution in [2.45, 2.75) is 53.9 Å². The predicted octanol–water partition coefficient (Wildman–Crippen LogP) is 1.45. The smallest absolute Gasteiger partial charge is 0.326 e. The van der Waals surface area contributed by atoms with Crippen molar-refractivity contribution in [1.82, 2.24) is 0 Å². The monoisotopic (exact) mass is 245 g/mol. The van der Waals surface area contributed by atoms with Crippen LogP contribution >= 0.6 is 0 Å². The first-order valence-electron chi connectivity index (χ1n) is 5.69. The van der Waals surface area contributed by atoms with Crippen molar-refractivity contribution in [3.63, 3.8) is 0 Å². The number of nitrogens with two attached hydrogens (primary N) is 1. The third-order valence-corrected chi connectivity index (χ3v) is 2.25. The van der Waals surface area contributed by atoms with E-state index in [-0.39, 0.29) is 5.92 Å². The third-order valence-electron chi connectivity index (χ3n) is 2.25. The maximum atomic E-state index is 11.7. The summed E-state index contributed by atoms with van der Waals surface area (Å²) < 4.78 is 10.0. The molecule has 2 N–H and O–H groups in total. The summed E-state index contributed by atoms with van der Waals surface area (Å²) in [6, 6.07) is -0.751. The quantitative estimate of drug-likeness (QED) is 0.599. The van der Waals surface area contributed by atoms with Gasteiger partial charge in [-0.25, -0.2) is 0 Å². The Balaban J connectivity index is 4.56. The van der Waals surface area contributed by atoms with Crippen molar-refractivity contribution in [3.8, 4) is 0 Å². The van der Waals surface area contributed by atoms with E-state index in [9.17, 15) is 9.59 Å². The number of hydrogen-bond acceptors (Lipinski definition) is 5. The van der Waals surface area contributed by atoms with Gasteiger partial charge in [0.2, 0.25) is 6.29 Å². The van der Waals surface area contributed by atoms with Gasteiger partial charge in [-0.15, -0.1) is 0 Å². The fourth-order valence-electron chi connectivity index (χ4n) is 1.00. The lowest BCUT2D eigenvalue weighted by atomic mass is 9.87. The van der Waals surface area contributed by atoms with Crippen molar-refractivity contribution in [2.24, 2.45) is 17.1 Å². The molecule has 0 aliphatic heterocycles. The summed E-state index contributed by atoms with van der Waals surface area (Å²) in [6.45, 7) is 10.4. The van der Waals surface area contributed by atoms with Crippen LogP contribution in [0, 0.1) is 11.3 Å². The van der Waals surface area contributed by atoms with Gasteiger partial charge in [0, 0.05) is 12.8 Å². The molecule has 0 spiro atoms. The summed E-state index contributed by atoms with van der Waals surface area (Å²) in [7, 11) is 0. The molecule has 0 rings (SSSR count). The van der Waals surface area contributed by atoms with Crippen LogP contribution in [0.3, 0.4) is 0 Å². The summed E-state index contributed by atoms with van der Waals surface area (Å²) >= 11 is 0. The molecular weight excluding hydrogens is 222 g/mol. The van der Waals surface area contributed by atoms with Crippen LogP contribution in [0.4, 0.5) is 0 Å². The third kappa shape index (κ3) is 5.68. The normalized spacial score (nSPS) is 15.3. The van der Waals surface area contributed by atoms with E-state index in [0.717, 1.165) is 0 Å². The molecule has 0 aliphatic carbocycles. The van der Waals surface area contributed by atoms with Gasteiger partial charge in [-0.1, -0.05) is 34.6 Å². The molecule has 5 heteroatoms. The molecule has 17 heavy (non-hydrogen) atoms. The molecular formula is C12H23NO4. The van der Waals surface area contributed by atoms with E-state index >= 15 is 0 Å². The minimum atomic E-state index is -0.881. The molecule has 0 heterocycles. The standard InChI is InChI=1S/C12H23NO4/c1-7(2)11(16-8(3)14)17-10(15)9(13)12(4,5)6/h7,9,11H,13H2,1-6H3/t9-,11+/m1/s1. The number of rotatable bonds is 4. The van der Waals surface area contributed by atoms with Crippen molar-refractivity contribution in [1.29, 1.82) is 0 Å². The van der Waals surface area contributed by atoms with Gasteiger partial charge in [0.25, 0.3) is 0 Å². The van der Waals surface area contributed by atoms with Gasteiger partial charge in [0.15, 0.2) is 0 Å². The summed E-state index contributed by atoms with van der Waals surface area (Å²) in [5.74, 6) is -1.16. The molecule has 5 nitrogen and oxygen atoms in total. The first-order valence-corrected chi connectivity index (χ1v) is 5.69. The summed E-state index contributed by atoms with van der Waals surface area (Å²) in [4.78, 5) is 22.6. The Hall–Kier alpha value is -1.10. The zero-order valence-corrected chi connectivity index (χ0v) is 11.4. The van der Waals surface area contributed by atoms with Gasteiger partial charge in [-0.05, 0) is 5.41 Å². The molecule has 0 aromatic heterocycles. The molecule has 0 fully saturated rings. The average Bonchev–Trinajstić information content (AvgIpc) is 2.13. The lowest BCUT2D eigenvalue weighted by Gasteiger charge is -2.28. The lowest BCUT2D eigenvalue weighted by molar-refractivity contribution is -0.196. The second-order valence-electron chi connectivity index (χ2n) is 5.50. The Morgan fingerprint density at radius 2 is 1.59 bits per heavy atom. The average molecular weight is 245 g/mol. The summed E-state index contributed by atoms with van der Waals surface area (Å²) in [5, 5.41) is 0. The molecule has 100 valence electrons. The highest BCUT2D eigenvalue weighted by Gasteiger charge is 2.32. The van der Waals surface area contributed by atoms with E-state index < -0.39 is 29.7 Å². The second-order valence-corrected chi connectivity index (χ2v) is 5.50. The largest absolute Gasteiger partial charge is 0.425 e. The fourth-order valence-corrected chi connectivity index (χ4v) is 1.00. The second kappa shape index (κ2) is 6.00. The molecule has 0 radical (unpaired) electrons. The Kier molecular flexibility index (Phi) is 5.61. The van der Waals surface area contributed by atoms with E-state index in [0.29, 0.717) is 0 Å². The SMILES string of the molecule is CC(=O)O[C@@H](OC(=O)[C@@H](N)C(C)(C)C)C(C)C. The topological polar surface area (TPSA) is 78.6 Å². The molecule has 0 amide bonds. The first-order chi connectivity index (χ1) is 7.55. The van der Waals surface area contributed by atoms with Gasteiger partial charge in [-0.2, -0.15) is 0 Å². The molecule has 0 saturated carbocycles.